The summed E-state index contributed by atoms with van der Waals surface area (Å²) in [7, 11) is 0. The lowest BCUT2D eigenvalue weighted by Gasteiger charge is -1.73. The lowest BCUT2D eigenvalue weighted by atomic mass is 10.7. The molecule has 0 unspecified atom stereocenters. The highest BCUT2D eigenvalue weighted by Crippen LogP contribution is 2.18. The minimum absolute atomic E-state index is 0.571. The molecule has 1 aromatic heterocycles. The Bertz CT molecular complexity index is 142. The highest BCUT2D eigenvalue weighted by Gasteiger charge is 1.91. The molecule has 0 saturated carbocycles. The third-order valence-electron chi connectivity index (χ3n) is 0.648. The zero-order valence-corrected chi connectivity index (χ0v) is 4.92. The summed E-state index contributed by atoms with van der Waals surface area (Å²) in [5.41, 5.74) is 0. The molecular formula is C4H3Cl2N. The second-order valence-corrected chi connectivity index (χ2v) is 1.97. The van der Waals surface area contributed by atoms with Crippen molar-refractivity contribution in [3.05, 3.63) is 22.4 Å². The van der Waals surface area contributed by atoms with E-state index in [0.29, 0.717) is 10.0 Å². The first kappa shape index (κ1) is 5.01. The molecule has 0 amide bonds. The molecule has 38 valence electrons. The van der Waals surface area contributed by atoms with Crippen LogP contribution in [0.5, 0.6) is 0 Å². The average Bonchev–Trinajstić information content (AvgIpc) is 1.91. The number of H-pyrrole nitrogens is 1. The molecular weight excluding hydrogens is 133 g/mol. The van der Waals surface area contributed by atoms with Gasteiger partial charge in [0.1, 0.15) is 0 Å². The van der Waals surface area contributed by atoms with E-state index in [9.17, 15) is 0 Å². The summed E-state index contributed by atoms with van der Waals surface area (Å²) in [4.78, 5) is 2.73. The number of hydrogen-bond donors (Lipinski definition) is 1. The number of aromatic amines is 1. The Balaban J connectivity index is 3.12. The molecule has 3 heteroatoms. The Morgan fingerprint density at radius 2 is 1.57 bits per heavy atom. The van der Waals surface area contributed by atoms with Gasteiger partial charge in [-0.1, -0.05) is 23.2 Å². The zero-order chi connectivity index (χ0) is 5.28. The van der Waals surface area contributed by atoms with Gasteiger partial charge in [0.25, 0.3) is 0 Å². The number of halogens is 2. The van der Waals surface area contributed by atoms with Crippen LogP contribution in [0.15, 0.2) is 12.4 Å². The van der Waals surface area contributed by atoms with Crippen LogP contribution < -0.4 is 0 Å². The van der Waals surface area contributed by atoms with Crippen LogP contribution in [0.1, 0.15) is 0 Å². The fourth-order valence-electron chi connectivity index (χ4n) is 0.326. The summed E-state index contributed by atoms with van der Waals surface area (Å²) in [6.45, 7) is 0. The lowest BCUT2D eigenvalue weighted by Crippen LogP contribution is -1.45. The predicted molar refractivity (Wildman–Crippen MR) is 30.8 cm³/mol. The summed E-state index contributed by atoms with van der Waals surface area (Å²) in [5.74, 6) is 0. The van der Waals surface area contributed by atoms with Gasteiger partial charge >= 0.3 is 0 Å². The van der Waals surface area contributed by atoms with Crippen LogP contribution in [0.3, 0.4) is 0 Å². The van der Waals surface area contributed by atoms with Crippen molar-refractivity contribution in [2.75, 3.05) is 0 Å². The van der Waals surface area contributed by atoms with Crippen LogP contribution >= 0.6 is 23.2 Å². The molecule has 0 atom stereocenters. The minimum atomic E-state index is 0.571. The van der Waals surface area contributed by atoms with E-state index in [1.807, 2.05) is 0 Å². The topological polar surface area (TPSA) is 15.8 Å². The molecule has 1 rings (SSSR count). The second-order valence-electron chi connectivity index (χ2n) is 1.15. The van der Waals surface area contributed by atoms with E-state index < -0.39 is 0 Å². The molecule has 7 heavy (non-hydrogen) atoms. The Labute approximate surface area is 51.2 Å². The zero-order valence-electron chi connectivity index (χ0n) is 3.41. The van der Waals surface area contributed by atoms with Crippen molar-refractivity contribution in [1.82, 2.24) is 4.98 Å². The van der Waals surface area contributed by atoms with Gasteiger partial charge in [-0.15, -0.1) is 0 Å². The Morgan fingerprint density at radius 3 is 1.71 bits per heavy atom. The maximum Gasteiger partial charge on any atom is 0.0766 e. The smallest absolute Gasteiger partial charge is 0.0766 e. The lowest BCUT2D eigenvalue weighted by molar-refractivity contribution is 1.41. The molecule has 0 saturated heterocycles. The molecule has 1 aromatic rings. The maximum absolute atomic E-state index is 5.46. The van der Waals surface area contributed by atoms with Gasteiger partial charge in [0.2, 0.25) is 0 Å². The monoisotopic (exact) mass is 135 g/mol. The fraction of sp³-hybridized carbons (Fsp3) is 0. The van der Waals surface area contributed by atoms with E-state index in [-0.39, 0.29) is 0 Å². The van der Waals surface area contributed by atoms with E-state index in [1.54, 1.807) is 12.4 Å². The Kier molecular flexibility index (Phi) is 1.26. The minimum Gasteiger partial charge on any atom is -0.365 e. The first-order chi connectivity index (χ1) is 3.30. The van der Waals surface area contributed by atoms with Gasteiger partial charge in [-0.3, -0.25) is 0 Å². The SMILES string of the molecule is Clc1c[nH]cc1Cl. The van der Waals surface area contributed by atoms with Crippen molar-refractivity contribution in [3.63, 3.8) is 0 Å². The first-order valence-electron chi connectivity index (χ1n) is 1.78. The summed E-state index contributed by atoms with van der Waals surface area (Å²) in [6, 6.07) is 0. The summed E-state index contributed by atoms with van der Waals surface area (Å²) < 4.78 is 0. The molecule has 0 spiro atoms. The van der Waals surface area contributed by atoms with E-state index in [0.717, 1.165) is 0 Å². The third kappa shape index (κ3) is 0.898. The first-order valence-corrected chi connectivity index (χ1v) is 2.54. The average molecular weight is 136 g/mol. The normalized spacial score (nSPS) is 9.43. The fourth-order valence-corrected chi connectivity index (χ4v) is 0.561. The van der Waals surface area contributed by atoms with Gasteiger partial charge in [-0.05, 0) is 0 Å². The van der Waals surface area contributed by atoms with Crippen molar-refractivity contribution in [1.29, 1.82) is 0 Å². The van der Waals surface area contributed by atoms with Crippen molar-refractivity contribution >= 4 is 23.2 Å². The van der Waals surface area contributed by atoms with Crippen LogP contribution in [0.4, 0.5) is 0 Å². The molecule has 0 fully saturated rings. The Hall–Kier alpha value is -0.140. The standard InChI is InChI=1S/C4H3Cl2N/c5-3-1-7-2-4(3)6/h1-2,7H. The molecule has 1 heterocycles. The van der Waals surface area contributed by atoms with Crippen molar-refractivity contribution in [2.45, 2.75) is 0 Å². The van der Waals surface area contributed by atoms with Gasteiger partial charge in [0, 0.05) is 12.4 Å². The van der Waals surface area contributed by atoms with E-state index in [4.69, 9.17) is 23.2 Å². The maximum atomic E-state index is 5.46. The van der Waals surface area contributed by atoms with Gasteiger partial charge in [0.05, 0.1) is 10.0 Å². The summed E-state index contributed by atoms with van der Waals surface area (Å²) in [5, 5.41) is 1.14. The molecule has 0 aliphatic carbocycles. The van der Waals surface area contributed by atoms with Crippen LogP contribution in [0.25, 0.3) is 0 Å². The predicted octanol–water partition coefficient (Wildman–Crippen LogP) is 2.32. The highest BCUT2D eigenvalue weighted by atomic mass is 35.5. The van der Waals surface area contributed by atoms with Gasteiger partial charge in [-0.2, -0.15) is 0 Å². The largest absolute Gasteiger partial charge is 0.365 e. The Morgan fingerprint density at radius 1 is 1.14 bits per heavy atom. The molecule has 0 aliphatic rings. The summed E-state index contributed by atoms with van der Waals surface area (Å²) >= 11 is 10.9. The number of hydrogen-bond acceptors (Lipinski definition) is 0. The van der Waals surface area contributed by atoms with Crippen molar-refractivity contribution < 1.29 is 0 Å². The van der Waals surface area contributed by atoms with Crippen molar-refractivity contribution in [2.24, 2.45) is 0 Å². The van der Waals surface area contributed by atoms with Crippen LogP contribution in [0, 0.1) is 0 Å². The van der Waals surface area contributed by atoms with E-state index in [1.165, 1.54) is 0 Å². The molecule has 1 nitrogen and oxygen atoms in total. The number of rotatable bonds is 0. The van der Waals surface area contributed by atoms with Gasteiger partial charge < -0.3 is 4.98 Å². The van der Waals surface area contributed by atoms with Crippen molar-refractivity contribution in [3.8, 4) is 0 Å². The number of nitrogens with one attached hydrogen (secondary N) is 1. The highest BCUT2D eigenvalue weighted by molar-refractivity contribution is 6.41. The molecule has 1 N–H and O–H groups in total. The van der Waals surface area contributed by atoms with E-state index in [2.05, 4.69) is 4.98 Å². The molecule has 0 aliphatic heterocycles. The van der Waals surface area contributed by atoms with Crippen LogP contribution in [-0.2, 0) is 0 Å². The molecule has 0 radical (unpaired) electrons. The second kappa shape index (κ2) is 1.76. The molecule has 0 bridgehead atoms. The molecule has 0 aromatic carbocycles. The van der Waals surface area contributed by atoms with Crippen LogP contribution in [-0.4, -0.2) is 4.98 Å². The quantitative estimate of drug-likeness (QED) is 0.563. The number of aromatic nitrogens is 1. The van der Waals surface area contributed by atoms with Gasteiger partial charge in [-0.25, -0.2) is 0 Å². The summed E-state index contributed by atoms with van der Waals surface area (Å²) in [6.07, 6.45) is 3.26. The van der Waals surface area contributed by atoms with Gasteiger partial charge in [0.15, 0.2) is 0 Å². The van der Waals surface area contributed by atoms with Crippen LogP contribution in [0.2, 0.25) is 10.0 Å². The van der Waals surface area contributed by atoms with E-state index >= 15 is 0 Å². The third-order valence-corrected chi connectivity index (χ3v) is 1.37.